The van der Waals surface area contributed by atoms with Crippen LogP contribution in [0.25, 0.3) is 6.08 Å². The molecular weight excluding hydrogens is 480 g/mol. The number of allylic oxidation sites excluding steroid dienone is 1. The summed E-state index contributed by atoms with van der Waals surface area (Å²) in [7, 11) is 1.29. The highest BCUT2D eigenvalue weighted by atomic mass is 16.5. The van der Waals surface area contributed by atoms with E-state index in [2.05, 4.69) is 16.0 Å². The first kappa shape index (κ1) is 26.3. The Morgan fingerprint density at radius 1 is 1.13 bits per heavy atom. The van der Waals surface area contributed by atoms with Gasteiger partial charge in [0.15, 0.2) is 0 Å². The number of hydrogen-bond acceptors (Lipinski definition) is 7. The number of hydrogen-bond donors (Lipinski definition) is 0. The summed E-state index contributed by atoms with van der Waals surface area (Å²) < 4.78 is 12.6. The summed E-state index contributed by atoms with van der Waals surface area (Å²) in [6.45, 7) is 4.20. The average Bonchev–Trinajstić information content (AvgIpc) is 3.44. The summed E-state index contributed by atoms with van der Waals surface area (Å²) in [6, 6.07) is 17.1. The van der Waals surface area contributed by atoms with Crippen molar-refractivity contribution in [3.8, 4) is 6.07 Å². The zero-order chi connectivity index (χ0) is 27.1. The minimum absolute atomic E-state index is 0.0323. The number of ether oxygens (including phenoxy) is 2. The van der Waals surface area contributed by atoms with Crippen molar-refractivity contribution in [2.75, 3.05) is 13.7 Å². The van der Waals surface area contributed by atoms with Crippen molar-refractivity contribution in [2.45, 2.75) is 26.3 Å². The van der Waals surface area contributed by atoms with E-state index in [1.165, 1.54) is 7.11 Å². The number of methoxy groups -OCH3 is 1. The molecule has 4 rings (SSSR count). The maximum absolute atomic E-state index is 13.3. The van der Waals surface area contributed by atoms with Crippen LogP contribution in [-0.4, -0.2) is 40.9 Å². The third-order valence-corrected chi connectivity index (χ3v) is 6.44. The van der Waals surface area contributed by atoms with Gasteiger partial charge in [0, 0.05) is 36.3 Å². The normalized spacial score (nSPS) is 17.2. The molecule has 0 amide bonds. The SMILES string of the molecule is COC(=O)C1C(C)=NC(C)=C(C(=O)OCC=Cc2ccc(Cn3ccnc3)cc2)C1c1ccccc1C#N. The van der Waals surface area contributed by atoms with Crippen LogP contribution in [0.4, 0.5) is 0 Å². The Bertz CT molecular complexity index is 1440. The minimum atomic E-state index is -0.850. The highest BCUT2D eigenvalue weighted by molar-refractivity contribution is 6.07. The number of nitrogens with zero attached hydrogens (tertiary/aromatic N) is 4. The number of carbonyl (C=O) groups is 2. The van der Waals surface area contributed by atoms with Crippen molar-refractivity contribution < 1.29 is 19.1 Å². The van der Waals surface area contributed by atoms with Gasteiger partial charge in [-0.1, -0.05) is 48.5 Å². The van der Waals surface area contributed by atoms with E-state index in [0.717, 1.165) is 17.7 Å². The topological polar surface area (TPSA) is 107 Å². The van der Waals surface area contributed by atoms with Gasteiger partial charge in [0.1, 0.15) is 12.5 Å². The summed E-state index contributed by atoms with van der Waals surface area (Å²) in [5, 5.41) is 9.71. The first-order valence-corrected chi connectivity index (χ1v) is 12.1. The Morgan fingerprint density at radius 3 is 2.58 bits per heavy atom. The first-order chi connectivity index (χ1) is 18.4. The van der Waals surface area contributed by atoms with E-state index in [4.69, 9.17) is 9.47 Å². The van der Waals surface area contributed by atoms with E-state index >= 15 is 0 Å². The van der Waals surface area contributed by atoms with Crippen LogP contribution in [0.3, 0.4) is 0 Å². The number of imidazole rings is 1. The zero-order valence-corrected chi connectivity index (χ0v) is 21.5. The summed E-state index contributed by atoms with van der Waals surface area (Å²) in [5.41, 5.74) is 4.24. The summed E-state index contributed by atoms with van der Waals surface area (Å²) in [4.78, 5) is 34.6. The van der Waals surface area contributed by atoms with Gasteiger partial charge in [0.25, 0.3) is 0 Å². The standard InChI is InChI=1S/C30H28N4O4/c1-20-26(29(35)37-3)28(25-9-5-4-8-24(25)17-31)27(21(2)33-20)30(36)38-16-6-7-22-10-12-23(13-11-22)18-34-15-14-32-19-34/h4-15,19,26,28H,16,18H2,1-3H3. The molecule has 8 nitrogen and oxygen atoms in total. The van der Waals surface area contributed by atoms with Crippen LogP contribution in [0.15, 0.2) is 89.6 Å². The van der Waals surface area contributed by atoms with Gasteiger partial charge in [0.2, 0.25) is 0 Å². The molecule has 1 aromatic heterocycles. The second-order valence-electron chi connectivity index (χ2n) is 8.91. The van der Waals surface area contributed by atoms with Crippen LogP contribution >= 0.6 is 0 Å². The lowest BCUT2D eigenvalue weighted by molar-refractivity contribution is -0.143. The minimum Gasteiger partial charge on any atom is -0.468 e. The molecule has 0 saturated carbocycles. The Hall–Kier alpha value is -4.77. The molecular formula is C30H28N4O4. The van der Waals surface area contributed by atoms with Crippen LogP contribution in [0.2, 0.25) is 0 Å². The number of aliphatic imine (C=N–C) groups is 1. The van der Waals surface area contributed by atoms with Crippen molar-refractivity contribution in [1.82, 2.24) is 9.55 Å². The van der Waals surface area contributed by atoms with E-state index in [1.807, 2.05) is 41.1 Å². The fourth-order valence-corrected chi connectivity index (χ4v) is 4.65. The third kappa shape index (κ3) is 5.79. The second kappa shape index (κ2) is 12.0. The van der Waals surface area contributed by atoms with Gasteiger partial charge in [0.05, 0.1) is 30.6 Å². The lowest BCUT2D eigenvalue weighted by atomic mass is 9.74. The molecule has 0 N–H and O–H groups in total. The maximum Gasteiger partial charge on any atom is 0.336 e. The molecule has 0 radical (unpaired) electrons. The van der Waals surface area contributed by atoms with E-state index in [0.29, 0.717) is 22.5 Å². The van der Waals surface area contributed by atoms with Gasteiger partial charge in [-0.2, -0.15) is 5.26 Å². The molecule has 0 saturated heterocycles. The zero-order valence-electron chi connectivity index (χ0n) is 21.5. The van der Waals surface area contributed by atoms with Crippen molar-refractivity contribution in [1.29, 1.82) is 5.26 Å². The predicted molar refractivity (Wildman–Crippen MR) is 143 cm³/mol. The number of aromatic nitrogens is 2. The van der Waals surface area contributed by atoms with Crippen LogP contribution in [0.5, 0.6) is 0 Å². The van der Waals surface area contributed by atoms with Crippen molar-refractivity contribution in [2.24, 2.45) is 10.9 Å². The van der Waals surface area contributed by atoms with Crippen LogP contribution < -0.4 is 0 Å². The number of nitriles is 1. The lowest BCUT2D eigenvalue weighted by Gasteiger charge is -2.31. The smallest absolute Gasteiger partial charge is 0.336 e. The average molecular weight is 509 g/mol. The molecule has 0 spiro atoms. The van der Waals surface area contributed by atoms with Crippen molar-refractivity contribution in [3.05, 3.63) is 107 Å². The molecule has 2 unspecified atom stereocenters. The Morgan fingerprint density at radius 2 is 1.89 bits per heavy atom. The molecule has 1 aliphatic heterocycles. The molecule has 0 aliphatic carbocycles. The molecule has 8 heteroatoms. The number of carbonyl (C=O) groups excluding carboxylic acids is 2. The quantitative estimate of drug-likeness (QED) is 0.409. The van der Waals surface area contributed by atoms with Crippen molar-refractivity contribution in [3.63, 3.8) is 0 Å². The highest BCUT2D eigenvalue weighted by Crippen LogP contribution is 2.41. The Balaban J connectivity index is 1.51. The monoisotopic (exact) mass is 508 g/mol. The Kier molecular flexibility index (Phi) is 8.29. The van der Waals surface area contributed by atoms with E-state index in [1.54, 1.807) is 56.7 Å². The first-order valence-electron chi connectivity index (χ1n) is 12.1. The second-order valence-corrected chi connectivity index (χ2v) is 8.91. The number of rotatable bonds is 8. The summed E-state index contributed by atoms with van der Waals surface area (Å²) in [5.74, 6) is -2.73. The van der Waals surface area contributed by atoms with Gasteiger partial charge in [-0.15, -0.1) is 0 Å². The van der Waals surface area contributed by atoms with E-state index < -0.39 is 23.8 Å². The van der Waals surface area contributed by atoms with Crippen LogP contribution in [0.1, 0.15) is 42.0 Å². The Labute approximate surface area is 221 Å². The molecule has 3 aromatic rings. The van der Waals surface area contributed by atoms with Gasteiger partial charge in [-0.25, -0.2) is 9.78 Å². The summed E-state index contributed by atoms with van der Waals surface area (Å²) >= 11 is 0. The van der Waals surface area contributed by atoms with Gasteiger partial charge in [-0.3, -0.25) is 9.79 Å². The van der Waals surface area contributed by atoms with E-state index in [-0.39, 0.29) is 12.2 Å². The van der Waals surface area contributed by atoms with Gasteiger partial charge in [-0.05, 0) is 42.7 Å². The van der Waals surface area contributed by atoms with Crippen LogP contribution in [0, 0.1) is 17.2 Å². The molecule has 2 heterocycles. The number of esters is 2. The molecule has 0 fully saturated rings. The maximum atomic E-state index is 13.3. The third-order valence-electron chi connectivity index (χ3n) is 6.44. The fraction of sp³-hybridized carbons (Fsp3) is 0.233. The van der Waals surface area contributed by atoms with Gasteiger partial charge < -0.3 is 14.0 Å². The molecule has 38 heavy (non-hydrogen) atoms. The van der Waals surface area contributed by atoms with Gasteiger partial charge >= 0.3 is 11.9 Å². The molecule has 192 valence electrons. The van der Waals surface area contributed by atoms with Crippen molar-refractivity contribution >= 4 is 23.7 Å². The van der Waals surface area contributed by atoms with E-state index in [9.17, 15) is 14.9 Å². The predicted octanol–water partition coefficient (Wildman–Crippen LogP) is 4.68. The molecule has 1 aliphatic rings. The highest BCUT2D eigenvalue weighted by Gasteiger charge is 2.43. The lowest BCUT2D eigenvalue weighted by Crippen LogP contribution is -2.36. The molecule has 0 bridgehead atoms. The summed E-state index contributed by atoms with van der Waals surface area (Å²) in [6.07, 6.45) is 9.06. The molecule has 2 aromatic carbocycles. The fourth-order valence-electron chi connectivity index (χ4n) is 4.65. The van der Waals surface area contributed by atoms with Crippen LogP contribution in [-0.2, 0) is 25.6 Å². The molecule has 2 atom stereocenters. The number of benzene rings is 2. The largest absolute Gasteiger partial charge is 0.468 e.